The Labute approximate surface area is 219 Å². The van der Waals surface area contributed by atoms with Crippen molar-refractivity contribution in [2.75, 3.05) is 74.3 Å². The summed E-state index contributed by atoms with van der Waals surface area (Å²) >= 11 is 1.71. The van der Waals surface area contributed by atoms with E-state index in [9.17, 15) is 8.78 Å². The van der Waals surface area contributed by atoms with E-state index in [2.05, 4.69) is 21.5 Å². The number of nitrogens with one attached hydrogen (secondary N) is 1. The molecule has 0 amide bonds. The Morgan fingerprint density at radius 3 is 2.22 bits per heavy atom. The standard InChI is InChI=1S/C23H34F2N10OS/c1-4-17-15(2)28-20(18(24)25)35(17)23-30-21(29-22(31-23)34-10-12-36-13-11-34)33-8-6-32(7-9-33)19(27)16(26)5-14-37-3/h4,16,18,27H,1,5-14,26H2,2-3H3/t16-/m0/s1. The molecule has 4 heterocycles. The van der Waals surface area contributed by atoms with Crippen LogP contribution in [0.3, 0.4) is 0 Å². The number of rotatable bonds is 9. The average Bonchev–Trinajstić information content (AvgIpc) is 3.28. The van der Waals surface area contributed by atoms with Gasteiger partial charge in [0.05, 0.1) is 30.6 Å². The summed E-state index contributed by atoms with van der Waals surface area (Å²) in [5, 5.41) is 8.49. The molecule has 37 heavy (non-hydrogen) atoms. The molecule has 4 rings (SSSR count). The molecular formula is C23H34F2N10OS. The minimum Gasteiger partial charge on any atom is -0.378 e. The second-order valence-corrected chi connectivity index (χ2v) is 9.85. The van der Waals surface area contributed by atoms with Crippen molar-refractivity contribution in [2.45, 2.75) is 25.8 Å². The van der Waals surface area contributed by atoms with E-state index in [1.807, 2.05) is 21.0 Å². The first-order valence-corrected chi connectivity index (χ1v) is 13.6. The van der Waals surface area contributed by atoms with Crippen molar-refractivity contribution < 1.29 is 13.5 Å². The van der Waals surface area contributed by atoms with E-state index in [4.69, 9.17) is 20.9 Å². The number of piperazine rings is 1. The van der Waals surface area contributed by atoms with Crippen LogP contribution in [0.1, 0.15) is 30.1 Å². The number of aromatic nitrogens is 5. The largest absolute Gasteiger partial charge is 0.378 e. The zero-order valence-electron chi connectivity index (χ0n) is 21.2. The highest BCUT2D eigenvalue weighted by molar-refractivity contribution is 7.98. The molecule has 0 aliphatic carbocycles. The fourth-order valence-electron chi connectivity index (χ4n) is 4.41. The molecule has 11 nitrogen and oxygen atoms in total. The van der Waals surface area contributed by atoms with E-state index >= 15 is 0 Å². The first-order chi connectivity index (χ1) is 17.8. The zero-order chi connectivity index (χ0) is 26.5. The summed E-state index contributed by atoms with van der Waals surface area (Å²) in [5.41, 5.74) is 7.05. The monoisotopic (exact) mass is 536 g/mol. The van der Waals surface area contributed by atoms with Crippen LogP contribution in [-0.4, -0.2) is 106 Å². The Morgan fingerprint density at radius 1 is 1.05 bits per heavy atom. The Hall–Kier alpha value is -2.84. The molecule has 0 saturated carbocycles. The summed E-state index contributed by atoms with van der Waals surface area (Å²) in [6.45, 7) is 9.95. The highest BCUT2D eigenvalue weighted by Crippen LogP contribution is 2.27. The predicted octanol–water partition coefficient (Wildman–Crippen LogP) is 1.96. The summed E-state index contributed by atoms with van der Waals surface area (Å²) in [6, 6.07) is -0.301. The molecule has 0 bridgehead atoms. The van der Waals surface area contributed by atoms with Crippen LogP contribution >= 0.6 is 11.8 Å². The molecule has 2 fully saturated rings. The minimum absolute atomic E-state index is 0.0755. The number of anilines is 2. The van der Waals surface area contributed by atoms with Crippen LogP contribution in [0, 0.1) is 12.3 Å². The molecule has 202 valence electrons. The number of alkyl halides is 2. The summed E-state index contributed by atoms with van der Waals surface area (Å²) < 4.78 is 34.6. The number of hydrogen-bond acceptors (Lipinski definition) is 10. The summed E-state index contributed by atoms with van der Waals surface area (Å²) in [5.74, 6) is 1.78. The molecular weight excluding hydrogens is 502 g/mol. The average molecular weight is 537 g/mol. The van der Waals surface area contributed by atoms with Crippen LogP contribution in [0.15, 0.2) is 6.58 Å². The highest BCUT2D eigenvalue weighted by Gasteiger charge is 2.28. The third-order valence-corrected chi connectivity index (χ3v) is 7.14. The first-order valence-electron chi connectivity index (χ1n) is 12.3. The highest BCUT2D eigenvalue weighted by atomic mass is 32.2. The zero-order valence-corrected chi connectivity index (χ0v) is 22.1. The Bertz CT molecular complexity index is 1100. The van der Waals surface area contributed by atoms with Crippen molar-refractivity contribution in [2.24, 2.45) is 5.73 Å². The molecule has 1 atom stereocenters. The van der Waals surface area contributed by atoms with E-state index in [0.717, 1.165) is 12.2 Å². The van der Waals surface area contributed by atoms with Crippen LogP contribution in [-0.2, 0) is 4.74 Å². The van der Waals surface area contributed by atoms with Gasteiger partial charge in [0, 0.05) is 39.3 Å². The third-order valence-electron chi connectivity index (χ3n) is 6.49. The van der Waals surface area contributed by atoms with Crippen LogP contribution < -0.4 is 15.5 Å². The maximum atomic E-state index is 14.0. The number of nitrogens with zero attached hydrogens (tertiary/aromatic N) is 8. The van der Waals surface area contributed by atoms with Gasteiger partial charge in [0.25, 0.3) is 6.43 Å². The number of amidine groups is 1. The van der Waals surface area contributed by atoms with Gasteiger partial charge in [-0.1, -0.05) is 6.58 Å². The van der Waals surface area contributed by atoms with E-state index < -0.39 is 12.2 Å². The van der Waals surface area contributed by atoms with Gasteiger partial charge >= 0.3 is 0 Å². The number of ether oxygens (including phenoxy) is 1. The number of nitrogens with two attached hydrogens (primary N) is 1. The lowest BCUT2D eigenvalue weighted by Crippen LogP contribution is -2.53. The second kappa shape index (κ2) is 12.1. The van der Waals surface area contributed by atoms with E-state index in [-0.39, 0.29) is 12.0 Å². The lowest BCUT2D eigenvalue weighted by atomic mass is 10.2. The molecule has 0 radical (unpaired) electrons. The molecule has 2 aromatic heterocycles. The van der Waals surface area contributed by atoms with Gasteiger partial charge in [-0.25, -0.2) is 13.8 Å². The lowest BCUT2D eigenvalue weighted by Gasteiger charge is -2.37. The van der Waals surface area contributed by atoms with Crippen molar-refractivity contribution in [3.63, 3.8) is 0 Å². The summed E-state index contributed by atoms with van der Waals surface area (Å²) in [4.78, 5) is 23.9. The third kappa shape index (κ3) is 6.02. The Kier molecular flexibility index (Phi) is 8.92. The fraction of sp³-hybridized carbons (Fsp3) is 0.609. The van der Waals surface area contributed by atoms with Gasteiger partial charge in [-0.3, -0.25) is 9.98 Å². The van der Waals surface area contributed by atoms with E-state index in [1.54, 1.807) is 18.7 Å². The topological polar surface area (TPSA) is 125 Å². The van der Waals surface area contributed by atoms with Crippen molar-refractivity contribution in [1.29, 1.82) is 5.41 Å². The molecule has 2 aliphatic rings. The van der Waals surface area contributed by atoms with Gasteiger partial charge in [0.2, 0.25) is 17.8 Å². The molecule has 0 aromatic carbocycles. The molecule has 2 aliphatic heterocycles. The van der Waals surface area contributed by atoms with Crippen LogP contribution in [0.5, 0.6) is 0 Å². The Morgan fingerprint density at radius 2 is 1.65 bits per heavy atom. The van der Waals surface area contributed by atoms with Gasteiger partial charge in [0.15, 0.2) is 5.82 Å². The number of halogens is 2. The first kappa shape index (κ1) is 27.2. The van der Waals surface area contributed by atoms with Crippen molar-refractivity contribution in [3.8, 4) is 5.95 Å². The second-order valence-electron chi connectivity index (χ2n) is 8.86. The minimum atomic E-state index is -2.82. The summed E-state index contributed by atoms with van der Waals surface area (Å²) in [6.07, 6.45) is 1.44. The molecule has 0 unspecified atom stereocenters. The normalized spacial score (nSPS) is 17.4. The van der Waals surface area contributed by atoms with Crippen molar-refractivity contribution >= 4 is 35.6 Å². The number of imidazole rings is 1. The summed E-state index contributed by atoms with van der Waals surface area (Å²) in [7, 11) is 0. The smallest absolute Gasteiger partial charge is 0.296 e. The fourth-order valence-corrected chi connectivity index (χ4v) is 4.90. The predicted molar refractivity (Wildman–Crippen MR) is 142 cm³/mol. The number of thioether (sulfide) groups is 1. The molecule has 3 N–H and O–H groups in total. The van der Waals surface area contributed by atoms with Crippen molar-refractivity contribution in [3.05, 3.63) is 23.8 Å². The lowest BCUT2D eigenvalue weighted by molar-refractivity contribution is 0.122. The maximum Gasteiger partial charge on any atom is 0.296 e. The van der Waals surface area contributed by atoms with E-state index in [0.29, 0.717) is 81.6 Å². The number of aryl methyl sites for hydroxylation is 1. The van der Waals surface area contributed by atoms with Gasteiger partial charge in [-0.05, 0) is 31.4 Å². The molecule has 14 heteroatoms. The van der Waals surface area contributed by atoms with Crippen LogP contribution in [0.25, 0.3) is 12.0 Å². The SMILES string of the molecule is C=Cc1c(C)nc(C(F)F)n1-c1nc(N2CCOCC2)nc(N2CCN(C(=N)[C@@H](N)CCSC)CC2)n1. The quantitative estimate of drug-likeness (QED) is 0.363. The number of hydrogen-bond donors (Lipinski definition) is 2. The molecule has 2 aromatic rings. The molecule has 2 saturated heterocycles. The van der Waals surface area contributed by atoms with Gasteiger partial charge in [-0.2, -0.15) is 26.7 Å². The van der Waals surface area contributed by atoms with Crippen molar-refractivity contribution in [1.82, 2.24) is 29.4 Å². The van der Waals surface area contributed by atoms with Crippen LogP contribution in [0.4, 0.5) is 20.7 Å². The van der Waals surface area contributed by atoms with Gasteiger partial charge in [0.1, 0.15) is 5.84 Å². The maximum absolute atomic E-state index is 14.0. The van der Waals surface area contributed by atoms with Gasteiger partial charge in [-0.15, -0.1) is 0 Å². The van der Waals surface area contributed by atoms with E-state index in [1.165, 1.54) is 10.6 Å². The van der Waals surface area contributed by atoms with Crippen LogP contribution in [0.2, 0.25) is 0 Å². The number of morpholine rings is 1. The molecule has 0 spiro atoms. The Balaban J connectivity index is 1.65. The van der Waals surface area contributed by atoms with Gasteiger partial charge < -0.3 is 25.2 Å².